The van der Waals surface area contributed by atoms with Crippen molar-refractivity contribution < 1.29 is 27.1 Å². The molecule has 0 spiro atoms. The van der Waals surface area contributed by atoms with Crippen LogP contribution in [-0.4, -0.2) is 23.3 Å². The van der Waals surface area contributed by atoms with Crippen LogP contribution in [0, 0.1) is 5.82 Å². The first kappa shape index (κ1) is 23.5. The number of ether oxygens (including phenoxy) is 1. The van der Waals surface area contributed by atoms with Gasteiger partial charge in [0.15, 0.2) is 12.4 Å². The van der Waals surface area contributed by atoms with Crippen LogP contribution in [0.3, 0.4) is 0 Å². The minimum absolute atomic E-state index is 0.456. The van der Waals surface area contributed by atoms with E-state index in [-0.39, 0.29) is 0 Å². The topological polar surface area (TPSA) is 31.2 Å². The molecule has 1 aromatic rings. The van der Waals surface area contributed by atoms with Crippen molar-refractivity contribution in [3.05, 3.63) is 23.8 Å². The highest BCUT2D eigenvalue weighted by atomic mass is 19.4. The average Bonchev–Trinajstić information content (AvgIpc) is 2.97. The third-order valence-corrected chi connectivity index (χ3v) is 4.44. The zero-order valence-corrected chi connectivity index (χ0v) is 16.1. The summed E-state index contributed by atoms with van der Waals surface area (Å²) in [5, 5.41) is 0. The number of halogens is 4. The Morgan fingerprint density at radius 3 is 1.96 bits per heavy atom. The SMILES string of the molecule is CCCCCCCCCCCCCn1cc(F)c(C(=O)OCC(F)(F)F)c1. The predicted molar refractivity (Wildman–Crippen MR) is 97.2 cm³/mol. The van der Waals surface area contributed by atoms with Crippen molar-refractivity contribution in [3.8, 4) is 0 Å². The third-order valence-electron chi connectivity index (χ3n) is 4.44. The van der Waals surface area contributed by atoms with E-state index < -0.39 is 30.1 Å². The van der Waals surface area contributed by atoms with Crippen molar-refractivity contribution in [1.82, 2.24) is 4.57 Å². The smallest absolute Gasteiger partial charge is 0.422 e. The van der Waals surface area contributed by atoms with Gasteiger partial charge < -0.3 is 9.30 Å². The van der Waals surface area contributed by atoms with Crippen LogP contribution >= 0.6 is 0 Å². The first-order chi connectivity index (χ1) is 12.8. The number of esters is 1. The molecule has 0 aromatic carbocycles. The molecule has 0 aliphatic carbocycles. The summed E-state index contributed by atoms with van der Waals surface area (Å²) in [4.78, 5) is 11.5. The van der Waals surface area contributed by atoms with Crippen LogP contribution in [0.15, 0.2) is 12.4 Å². The van der Waals surface area contributed by atoms with E-state index in [1.807, 2.05) is 0 Å². The van der Waals surface area contributed by atoms with E-state index in [1.54, 1.807) is 0 Å². The highest BCUT2D eigenvalue weighted by molar-refractivity contribution is 5.89. The van der Waals surface area contributed by atoms with Crippen LogP contribution in [-0.2, 0) is 11.3 Å². The zero-order chi connectivity index (χ0) is 20.1. The third kappa shape index (κ3) is 11.0. The van der Waals surface area contributed by atoms with Crippen LogP contribution in [0.5, 0.6) is 0 Å². The molecule has 1 rings (SSSR count). The summed E-state index contributed by atoms with van der Waals surface area (Å²) in [5.74, 6) is -2.15. The predicted octanol–water partition coefficient (Wildman–Crippen LogP) is 6.66. The lowest BCUT2D eigenvalue weighted by molar-refractivity contribution is -0.161. The lowest BCUT2D eigenvalue weighted by Gasteiger charge is -2.06. The summed E-state index contributed by atoms with van der Waals surface area (Å²) < 4.78 is 55.4. The van der Waals surface area contributed by atoms with E-state index in [1.165, 1.54) is 62.1 Å². The summed E-state index contributed by atoms with van der Waals surface area (Å²) in [5.41, 5.74) is -0.456. The lowest BCUT2D eigenvalue weighted by atomic mass is 10.1. The van der Waals surface area contributed by atoms with Gasteiger partial charge in [0.05, 0.1) is 0 Å². The molecular formula is C20H31F4NO2. The highest BCUT2D eigenvalue weighted by Crippen LogP contribution is 2.18. The van der Waals surface area contributed by atoms with Gasteiger partial charge in [0.2, 0.25) is 0 Å². The van der Waals surface area contributed by atoms with Crippen LogP contribution in [0.25, 0.3) is 0 Å². The molecule has 0 unspecified atom stereocenters. The number of hydrogen-bond acceptors (Lipinski definition) is 2. The Labute approximate surface area is 159 Å². The monoisotopic (exact) mass is 393 g/mol. The maximum absolute atomic E-state index is 13.7. The van der Waals surface area contributed by atoms with Crippen LogP contribution in [0.4, 0.5) is 17.6 Å². The van der Waals surface area contributed by atoms with Crippen LogP contribution < -0.4 is 0 Å². The van der Waals surface area contributed by atoms with Gasteiger partial charge in [0, 0.05) is 18.9 Å². The van der Waals surface area contributed by atoms with E-state index in [0.29, 0.717) is 6.54 Å². The number of unbranched alkanes of at least 4 members (excludes halogenated alkanes) is 10. The molecule has 1 heterocycles. The van der Waals surface area contributed by atoms with Crippen molar-refractivity contribution in [2.75, 3.05) is 6.61 Å². The summed E-state index contributed by atoms with van der Waals surface area (Å²) in [6.07, 6.45) is 10.9. The first-order valence-electron chi connectivity index (χ1n) is 9.92. The number of carbonyl (C=O) groups is 1. The number of aromatic nitrogens is 1. The molecule has 0 bridgehead atoms. The fourth-order valence-corrected chi connectivity index (χ4v) is 2.94. The second kappa shape index (κ2) is 12.8. The van der Waals surface area contributed by atoms with Gasteiger partial charge in [-0.25, -0.2) is 9.18 Å². The van der Waals surface area contributed by atoms with Crippen LogP contribution in [0.1, 0.15) is 87.9 Å². The minimum atomic E-state index is -4.62. The Bertz CT molecular complexity index is 541. The fourth-order valence-electron chi connectivity index (χ4n) is 2.94. The van der Waals surface area contributed by atoms with Gasteiger partial charge in [-0.2, -0.15) is 13.2 Å². The molecule has 1 aromatic heterocycles. The second-order valence-corrected chi connectivity index (χ2v) is 6.98. The largest absolute Gasteiger partial charge is 0.452 e. The van der Waals surface area contributed by atoms with E-state index in [0.717, 1.165) is 25.5 Å². The maximum atomic E-state index is 13.7. The summed E-state index contributed by atoms with van der Waals surface area (Å²) in [6, 6.07) is 0. The molecule has 0 N–H and O–H groups in total. The van der Waals surface area contributed by atoms with E-state index in [2.05, 4.69) is 11.7 Å². The quantitative estimate of drug-likeness (QED) is 0.201. The number of hydrogen-bond donors (Lipinski definition) is 0. The standard InChI is InChI=1S/C20H31F4NO2/c1-2-3-4-5-6-7-8-9-10-11-12-13-25-14-17(18(21)15-25)19(26)27-16-20(22,23)24/h14-15H,2-13,16H2,1H3. The Balaban J connectivity index is 2.15. The molecule has 0 saturated heterocycles. The molecule has 156 valence electrons. The summed E-state index contributed by atoms with van der Waals surface area (Å²) >= 11 is 0. The summed E-state index contributed by atoms with van der Waals surface area (Å²) in [7, 11) is 0. The summed E-state index contributed by atoms with van der Waals surface area (Å²) in [6.45, 7) is 1.03. The van der Waals surface area contributed by atoms with E-state index in [4.69, 9.17) is 0 Å². The Kier molecular flexibility index (Phi) is 11.1. The average molecular weight is 393 g/mol. The molecule has 27 heavy (non-hydrogen) atoms. The molecule has 7 heteroatoms. The van der Waals surface area contributed by atoms with Gasteiger partial charge in [0.25, 0.3) is 0 Å². The van der Waals surface area contributed by atoms with Gasteiger partial charge in [-0.05, 0) is 6.42 Å². The van der Waals surface area contributed by atoms with E-state index in [9.17, 15) is 22.4 Å². The molecule has 0 aliphatic rings. The molecule has 0 fully saturated rings. The van der Waals surface area contributed by atoms with Gasteiger partial charge >= 0.3 is 12.1 Å². The van der Waals surface area contributed by atoms with Crippen LogP contribution in [0.2, 0.25) is 0 Å². The molecule has 3 nitrogen and oxygen atoms in total. The number of aryl methyl sites for hydroxylation is 1. The molecule has 0 radical (unpaired) electrons. The normalized spacial score (nSPS) is 11.7. The molecule has 0 aliphatic heterocycles. The van der Waals surface area contributed by atoms with Crippen molar-refractivity contribution >= 4 is 5.97 Å². The van der Waals surface area contributed by atoms with Gasteiger partial charge in [0.1, 0.15) is 5.56 Å². The molecular weight excluding hydrogens is 362 g/mol. The van der Waals surface area contributed by atoms with Crippen molar-refractivity contribution in [3.63, 3.8) is 0 Å². The molecule has 0 saturated carbocycles. The minimum Gasteiger partial charge on any atom is -0.452 e. The van der Waals surface area contributed by atoms with Gasteiger partial charge in [-0.15, -0.1) is 0 Å². The lowest BCUT2D eigenvalue weighted by Crippen LogP contribution is -2.20. The number of nitrogens with zero attached hydrogens (tertiary/aromatic N) is 1. The first-order valence-corrected chi connectivity index (χ1v) is 9.92. The number of rotatable bonds is 14. The van der Waals surface area contributed by atoms with E-state index >= 15 is 0 Å². The Morgan fingerprint density at radius 1 is 0.926 bits per heavy atom. The van der Waals surface area contributed by atoms with Gasteiger partial charge in [-0.3, -0.25) is 0 Å². The maximum Gasteiger partial charge on any atom is 0.422 e. The zero-order valence-electron chi connectivity index (χ0n) is 16.1. The Morgan fingerprint density at radius 2 is 1.44 bits per heavy atom. The number of carbonyl (C=O) groups excluding carboxylic acids is 1. The number of alkyl halides is 3. The van der Waals surface area contributed by atoms with Crippen molar-refractivity contribution in [2.24, 2.45) is 0 Å². The highest BCUT2D eigenvalue weighted by Gasteiger charge is 2.30. The van der Waals surface area contributed by atoms with Gasteiger partial charge in [-0.1, -0.05) is 71.1 Å². The Hall–Kier alpha value is -1.53. The van der Waals surface area contributed by atoms with Crippen molar-refractivity contribution in [1.29, 1.82) is 0 Å². The molecule has 0 atom stereocenters. The second-order valence-electron chi connectivity index (χ2n) is 6.98. The fraction of sp³-hybridized carbons (Fsp3) is 0.750. The van der Waals surface area contributed by atoms with Crippen molar-refractivity contribution in [2.45, 2.75) is 90.3 Å². The molecule has 0 amide bonds.